The fraction of sp³-hybridized carbons (Fsp3) is 0.733. The summed E-state index contributed by atoms with van der Waals surface area (Å²) < 4.78 is 38.5. The third-order valence-corrected chi connectivity index (χ3v) is 5.23. The minimum absolute atomic E-state index is 0.105. The van der Waals surface area contributed by atoms with Crippen LogP contribution >= 0.6 is 0 Å². The minimum Gasteiger partial charge on any atom is -0.396 e. The molecule has 128 valence electrons. The molecule has 3 heterocycles. The number of aliphatic hydroxyl groups is 1. The van der Waals surface area contributed by atoms with Gasteiger partial charge in [0.05, 0.1) is 6.61 Å². The number of aliphatic hydroxyl groups excluding tert-OH is 1. The largest absolute Gasteiger partial charge is 0.433 e. The van der Waals surface area contributed by atoms with E-state index in [4.69, 9.17) is 0 Å². The molecule has 0 saturated carbocycles. The first-order valence-electron chi connectivity index (χ1n) is 7.82. The maximum atomic E-state index is 12.8. The van der Waals surface area contributed by atoms with Gasteiger partial charge in [-0.05, 0) is 38.9 Å². The smallest absolute Gasteiger partial charge is 0.396 e. The van der Waals surface area contributed by atoms with Gasteiger partial charge < -0.3 is 14.9 Å². The molecule has 2 aliphatic heterocycles. The number of fused-ring (bicyclic) bond motifs is 1. The number of alkyl halides is 3. The molecule has 5 nitrogen and oxygen atoms in total. The summed E-state index contributed by atoms with van der Waals surface area (Å²) in [6.45, 7) is 2.15. The summed E-state index contributed by atoms with van der Waals surface area (Å²) in [4.78, 5) is 11.7. The van der Waals surface area contributed by atoms with Crippen molar-refractivity contribution in [3.8, 4) is 0 Å². The Morgan fingerprint density at radius 2 is 2.13 bits per heavy atom. The van der Waals surface area contributed by atoms with Crippen molar-refractivity contribution in [3.05, 3.63) is 18.0 Å². The van der Waals surface area contributed by atoms with Crippen molar-refractivity contribution in [1.29, 1.82) is 0 Å². The van der Waals surface area contributed by atoms with E-state index in [0.717, 1.165) is 38.1 Å². The van der Waals surface area contributed by atoms with E-state index >= 15 is 0 Å². The molecule has 0 bridgehead atoms. The number of hydrogen-bond donors (Lipinski definition) is 1. The molecule has 8 heteroatoms. The number of rotatable bonds is 2. The molecule has 0 aliphatic carbocycles. The monoisotopic (exact) mass is 330 g/mol. The molecular weight excluding hydrogens is 309 g/mol. The SMILES string of the molecule is CN1CCC[C@]2(CO)CCN(c3nccc(C(F)(F)F)n3)C[C@@H]12. The molecule has 2 atom stereocenters. The highest BCUT2D eigenvalue weighted by Gasteiger charge is 2.47. The van der Waals surface area contributed by atoms with Crippen LogP contribution in [0.2, 0.25) is 0 Å². The highest BCUT2D eigenvalue weighted by Crippen LogP contribution is 2.42. The van der Waals surface area contributed by atoms with E-state index in [1.807, 2.05) is 7.05 Å². The Balaban J connectivity index is 1.84. The number of likely N-dealkylation sites (N-methyl/N-ethyl adjacent to an activating group) is 1. The van der Waals surface area contributed by atoms with Gasteiger partial charge in [0.1, 0.15) is 5.69 Å². The predicted octanol–water partition coefficient (Wildman–Crippen LogP) is 1.78. The normalized spacial score (nSPS) is 29.4. The Bertz CT molecular complexity index is 568. The van der Waals surface area contributed by atoms with Crippen molar-refractivity contribution in [2.45, 2.75) is 31.5 Å². The van der Waals surface area contributed by atoms with Gasteiger partial charge in [-0.2, -0.15) is 13.2 Å². The van der Waals surface area contributed by atoms with Crippen LogP contribution < -0.4 is 4.90 Å². The van der Waals surface area contributed by atoms with E-state index in [-0.39, 0.29) is 24.0 Å². The summed E-state index contributed by atoms with van der Waals surface area (Å²) in [5.74, 6) is 0.116. The lowest BCUT2D eigenvalue weighted by molar-refractivity contribution is -0.141. The van der Waals surface area contributed by atoms with Gasteiger partial charge in [-0.25, -0.2) is 9.97 Å². The van der Waals surface area contributed by atoms with Gasteiger partial charge in [-0.1, -0.05) is 0 Å². The van der Waals surface area contributed by atoms with Crippen LogP contribution in [0.15, 0.2) is 12.3 Å². The summed E-state index contributed by atoms with van der Waals surface area (Å²) in [5.41, 5.74) is -1.08. The lowest BCUT2D eigenvalue weighted by Gasteiger charge is -2.53. The van der Waals surface area contributed by atoms with E-state index in [1.54, 1.807) is 4.90 Å². The average Bonchev–Trinajstić information content (AvgIpc) is 2.54. The van der Waals surface area contributed by atoms with Gasteiger partial charge in [0.15, 0.2) is 0 Å². The lowest BCUT2D eigenvalue weighted by atomic mass is 9.69. The highest BCUT2D eigenvalue weighted by atomic mass is 19.4. The van der Waals surface area contributed by atoms with Crippen molar-refractivity contribution in [3.63, 3.8) is 0 Å². The quantitative estimate of drug-likeness (QED) is 0.896. The van der Waals surface area contributed by atoms with Gasteiger partial charge in [0.2, 0.25) is 5.95 Å². The van der Waals surface area contributed by atoms with Crippen LogP contribution in [0.5, 0.6) is 0 Å². The van der Waals surface area contributed by atoms with E-state index in [2.05, 4.69) is 14.9 Å². The van der Waals surface area contributed by atoms with Crippen molar-refractivity contribution in [2.75, 3.05) is 38.2 Å². The molecule has 1 aromatic rings. The number of likely N-dealkylation sites (tertiary alicyclic amines) is 1. The topological polar surface area (TPSA) is 52.5 Å². The first kappa shape index (κ1) is 16.4. The Morgan fingerprint density at radius 1 is 1.35 bits per heavy atom. The number of piperidine rings is 2. The molecule has 2 saturated heterocycles. The van der Waals surface area contributed by atoms with Gasteiger partial charge >= 0.3 is 6.18 Å². The second kappa shape index (κ2) is 5.90. The van der Waals surface area contributed by atoms with Crippen LogP contribution in [0.25, 0.3) is 0 Å². The van der Waals surface area contributed by atoms with Crippen LogP contribution in [0.3, 0.4) is 0 Å². The number of hydrogen-bond acceptors (Lipinski definition) is 5. The third-order valence-electron chi connectivity index (χ3n) is 5.23. The standard InChI is InChI=1S/C15H21F3N4O/c1-21-7-2-4-14(10-23)5-8-22(9-12(14)21)13-19-6-3-11(20-13)15(16,17)18/h3,6,12,23H,2,4-5,7-10H2,1H3/t12-,14-/m1/s1. The Kier molecular flexibility index (Phi) is 4.22. The van der Waals surface area contributed by atoms with Crippen LogP contribution in [0.1, 0.15) is 25.0 Å². The summed E-state index contributed by atoms with van der Waals surface area (Å²) >= 11 is 0. The molecule has 3 rings (SSSR count). The number of halogens is 3. The fourth-order valence-corrected chi connectivity index (χ4v) is 3.86. The van der Waals surface area contributed by atoms with Gasteiger partial charge in [0, 0.05) is 30.7 Å². The van der Waals surface area contributed by atoms with Crippen molar-refractivity contribution < 1.29 is 18.3 Å². The Morgan fingerprint density at radius 3 is 2.83 bits per heavy atom. The lowest BCUT2D eigenvalue weighted by Crippen LogP contribution is -2.61. The first-order chi connectivity index (χ1) is 10.9. The van der Waals surface area contributed by atoms with Gasteiger partial charge in [0.25, 0.3) is 0 Å². The molecule has 1 N–H and O–H groups in total. The first-order valence-corrected chi connectivity index (χ1v) is 7.82. The van der Waals surface area contributed by atoms with Gasteiger partial charge in [-0.15, -0.1) is 0 Å². The highest BCUT2D eigenvalue weighted by molar-refractivity contribution is 5.33. The van der Waals surface area contributed by atoms with E-state index in [9.17, 15) is 18.3 Å². The van der Waals surface area contributed by atoms with Gasteiger partial charge in [-0.3, -0.25) is 0 Å². The van der Waals surface area contributed by atoms with E-state index < -0.39 is 11.9 Å². The van der Waals surface area contributed by atoms with Crippen LogP contribution in [-0.4, -0.2) is 59.3 Å². The summed E-state index contributed by atoms with van der Waals surface area (Å²) in [6.07, 6.45) is -0.588. The molecule has 2 fully saturated rings. The molecular formula is C15H21F3N4O. The maximum absolute atomic E-state index is 12.8. The number of aromatic nitrogens is 2. The Labute approximate surface area is 133 Å². The molecule has 0 radical (unpaired) electrons. The predicted molar refractivity (Wildman–Crippen MR) is 79.0 cm³/mol. The Hall–Kier alpha value is -1.41. The molecule has 1 aromatic heterocycles. The molecule has 0 amide bonds. The van der Waals surface area contributed by atoms with E-state index in [1.165, 1.54) is 0 Å². The molecule has 23 heavy (non-hydrogen) atoms. The van der Waals surface area contributed by atoms with Crippen LogP contribution in [0.4, 0.5) is 19.1 Å². The molecule has 0 unspecified atom stereocenters. The maximum Gasteiger partial charge on any atom is 0.433 e. The van der Waals surface area contributed by atoms with Crippen LogP contribution in [-0.2, 0) is 6.18 Å². The summed E-state index contributed by atoms with van der Waals surface area (Å²) in [7, 11) is 2.00. The zero-order valence-corrected chi connectivity index (χ0v) is 13.1. The zero-order chi connectivity index (χ0) is 16.7. The summed E-state index contributed by atoms with van der Waals surface area (Å²) in [5, 5.41) is 9.88. The molecule has 2 aliphatic rings. The second-order valence-corrected chi connectivity index (χ2v) is 6.56. The summed E-state index contributed by atoms with van der Waals surface area (Å²) in [6, 6.07) is 0.992. The van der Waals surface area contributed by atoms with Crippen molar-refractivity contribution in [2.24, 2.45) is 5.41 Å². The van der Waals surface area contributed by atoms with E-state index in [0.29, 0.717) is 13.1 Å². The van der Waals surface area contributed by atoms with Crippen LogP contribution in [0, 0.1) is 5.41 Å². The van der Waals surface area contributed by atoms with Crippen molar-refractivity contribution >= 4 is 5.95 Å². The fourth-order valence-electron chi connectivity index (χ4n) is 3.86. The second-order valence-electron chi connectivity index (χ2n) is 6.56. The molecule has 0 spiro atoms. The van der Waals surface area contributed by atoms with Crippen molar-refractivity contribution in [1.82, 2.24) is 14.9 Å². The zero-order valence-electron chi connectivity index (χ0n) is 13.1. The number of nitrogens with zero attached hydrogens (tertiary/aromatic N) is 4. The third kappa shape index (κ3) is 3.01. The molecule has 0 aromatic carbocycles. The average molecular weight is 330 g/mol. The number of anilines is 1. The minimum atomic E-state index is -4.47.